The van der Waals surface area contributed by atoms with Gasteiger partial charge in [-0.1, -0.05) is 35.3 Å². The molecule has 0 spiro atoms. The molecule has 172 valence electrons. The van der Waals surface area contributed by atoms with Gasteiger partial charge in [-0.05, 0) is 72.7 Å². The summed E-state index contributed by atoms with van der Waals surface area (Å²) >= 11 is 12.5. The van der Waals surface area contributed by atoms with Gasteiger partial charge in [0, 0.05) is 11.4 Å². The average molecular weight is 498 g/mol. The fraction of sp³-hybridized carbons (Fsp3) is 0.0800. The topological polar surface area (TPSA) is 91.2 Å². The summed E-state index contributed by atoms with van der Waals surface area (Å²) in [6.07, 6.45) is 1.30. The van der Waals surface area contributed by atoms with Gasteiger partial charge in [0.2, 0.25) is 0 Å². The summed E-state index contributed by atoms with van der Waals surface area (Å²) in [6.45, 7) is 1.58. The van der Waals surface area contributed by atoms with Crippen molar-refractivity contribution in [3.05, 3.63) is 93.2 Å². The Kier molecular flexibility index (Phi) is 8.25. The number of ether oxygens (including phenoxy) is 1. The molecule has 0 radical (unpaired) electrons. The third-order valence-corrected chi connectivity index (χ3v) is 5.01. The van der Waals surface area contributed by atoms with Crippen LogP contribution in [0.2, 0.25) is 10.0 Å². The minimum atomic E-state index is -0.686. The van der Waals surface area contributed by atoms with Crippen LogP contribution in [0.1, 0.15) is 11.1 Å². The Labute approximate surface area is 205 Å². The highest BCUT2D eigenvalue weighted by atomic mass is 35.5. The van der Waals surface area contributed by atoms with E-state index < -0.39 is 17.6 Å². The van der Waals surface area contributed by atoms with Gasteiger partial charge in [-0.3, -0.25) is 9.59 Å². The molecule has 2 amide bonds. The van der Waals surface area contributed by atoms with Crippen molar-refractivity contribution in [1.82, 2.24) is 0 Å². The van der Waals surface area contributed by atoms with Gasteiger partial charge in [0.1, 0.15) is 17.5 Å². The first-order chi connectivity index (χ1) is 16.2. The van der Waals surface area contributed by atoms with E-state index in [1.165, 1.54) is 42.5 Å². The van der Waals surface area contributed by atoms with Crippen molar-refractivity contribution in [3.63, 3.8) is 0 Å². The molecule has 9 heteroatoms. The van der Waals surface area contributed by atoms with Crippen molar-refractivity contribution >= 4 is 52.5 Å². The highest BCUT2D eigenvalue weighted by molar-refractivity contribution is 6.37. The number of amides is 2. The van der Waals surface area contributed by atoms with Crippen molar-refractivity contribution in [2.45, 2.75) is 6.92 Å². The van der Waals surface area contributed by atoms with Crippen LogP contribution in [0.3, 0.4) is 0 Å². The zero-order valence-electron chi connectivity index (χ0n) is 17.9. The molecule has 0 saturated carbocycles. The first kappa shape index (κ1) is 24.8. The molecule has 34 heavy (non-hydrogen) atoms. The lowest BCUT2D eigenvalue weighted by molar-refractivity contribution is -0.118. The van der Waals surface area contributed by atoms with Crippen LogP contribution in [0.25, 0.3) is 6.08 Å². The van der Waals surface area contributed by atoms with Gasteiger partial charge in [0.15, 0.2) is 12.4 Å². The largest absolute Gasteiger partial charge is 0.481 e. The zero-order chi connectivity index (χ0) is 24.7. The summed E-state index contributed by atoms with van der Waals surface area (Å²) in [5.74, 6) is -1.44. The van der Waals surface area contributed by atoms with Gasteiger partial charge < -0.3 is 15.4 Å². The number of rotatable bonds is 7. The van der Waals surface area contributed by atoms with Crippen molar-refractivity contribution in [2.75, 3.05) is 17.2 Å². The number of aryl methyl sites for hydroxylation is 1. The number of nitrogens with one attached hydrogen (secondary N) is 2. The minimum absolute atomic E-state index is 0.0918. The van der Waals surface area contributed by atoms with Crippen molar-refractivity contribution < 1.29 is 18.7 Å². The van der Waals surface area contributed by atoms with Crippen molar-refractivity contribution in [2.24, 2.45) is 0 Å². The van der Waals surface area contributed by atoms with Crippen LogP contribution in [0.4, 0.5) is 15.8 Å². The predicted molar refractivity (Wildman–Crippen MR) is 130 cm³/mol. The molecular formula is C25H18Cl2FN3O3. The molecule has 0 unspecified atom stereocenters. The highest BCUT2D eigenvalue weighted by Crippen LogP contribution is 2.35. The van der Waals surface area contributed by atoms with Gasteiger partial charge in [0.05, 0.1) is 10.0 Å². The second-order valence-electron chi connectivity index (χ2n) is 7.15. The molecule has 0 aliphatic heterocycles. The lowest BCUT2D eigenvalue weighted by Gasteiger charge is -2.12. The number of benzene rings is 3. The maximum atomic E-state index is 13.0. The normalized spacial score (nSPS) is 10.9. The summed E-state index contributed by atoms with van der Waals surface area (Å²) in [7, 11) is 0. The summed E-state index contributed by atoms with van der Waals surface area (Å²) in [4.78, 5) is 24.6. The number of carbonyl (C=O) groups is 2. The van der Waals surface area contributed by atoms with Crippen LogP contribution >= 0.6 is 23.2 Å². The lowest BCUT2D eigenvalue weighted by Crippen LogP contribution is -2.20. The SMILES string of the molecule is Cc1cccc(NC(=O)COc2c(Cl)cc(/C=C(\C#N)C(=O)Nc3ccc(F)cc3)cc2Cl)c1. The van der Waals surface area contributed by atoms with Crippen molar-refractivity contribution in [3.8, 4) is 11.8 Å². The van der Waals surface area contributed by atoms with Gasteiger partial charge >= 0.3 is 0 Å². The highest BCUT2D eigenvalue weighted by Gasteiger charge is 2.14. The second kappa shape index (κ2) is 11.3. The Morgan fingerprint density at radius 1 is 1.03 bits per heavy atom. The number of halogens is 3. The molecule has 0 bridgehead atoms. The molecule has 0 aliphatic rings. The Hall–Kier alpha value is -3.86. The Balaban J connectivity index is 1.69. The van der Waals surface area contributed by atoms with Crippen LogP contribution in [0.15, 0.2) is 66.2 Å². The molecule has 0 heterocycles. The number of nitrogens with zero attached hydrogens (tertiary/aromatic N) is 1. The van der Waals surface area contributed by atoms with E-state index in [1.54, 1.807) is 6.07 Å². The van der Waals surface area contributed by atoms with Crippen LogP contribution in [-0.2, 0) is 9.59 Å². The van der Waals surface area contributed by atoms with E-state index in [1.807, 2.05) is 31.2 Å². The van der Waals surface area contributed by atoms with Crippen LogP contribution in [-0.4, -0.2) is 18.4 Å². The fourth-order valence-corrected chi connectivity index (χ4v) is 3.52. The average Bonchev–Trinajstić information content (AvgIpc) is 2.78. The van der Waals surface area contributed by atoms with E-state index in [2.05, 4.69) is 10.6 Å². The van der Waals surface area contributed by atoms with Crippen LogP contribution < -0.4 is 15.4 Å². The number of hydrogen-bond donors (Lipinski definition) is 2. The summed E-state index contributed by atoms with van der Waals surface area (Å²) < 4.78 is 18.5. The van der Waals surface area contributed by atoms with E-state index in [0.717, 1.165) is 5.56 Å². The fourth-order valence-electron chi connectivity index (χ4n) is 2.91. The maximum absolute atomic E-state index is 13.0. The number of carbonyl (C=O) groups excluding carboxylic acids is 2. The summed E-state index contributed by atoms with van der Waals surface area (Å²) in [6, 6.07) is 17.1. The van der Waals surface area contributed by atoms with E-state index in [9.17, 15) is 19.2 Å². The predicted octanol–water partition coefficient (Wildman–Crippen LogP) is 6.00. The summed E-state index contributed by atoms with van der Waals surface area (Å²) in [5, 5.41) is 14.8. The molecule has 0 atom stereocenters. The first-order valence-corrected chi connectivity index (χ1v) is 10.7. The standard InChI is InChI=1S/C25H18Cl2FN3O3/c1-15-3-2-4-20(9-15)30-23(32)14-34-24-21(26)11-16(12-22(24)27)10-17(13-29)25(33)31-19-7-5-18(28)6-8-19/h2-12H,14H2,1H3,(H,30,32)(H,31,33)/b17-10+. The maximum Gasteiger partial charge on any atom is 0.266 e. The molecule has 0 aliphatic carbocycles. The molecule has 0 aromatic heterocycles. The second-order valence-corrected chi connectivity index (χ2v) is 7.97. The zero-order valence-corrected chi connectivity index (χ0v) is 19.4. The van der Waals surface area contributed by atoms with E-state index in [-0.39, 0.29) is 28.0 Å². The van der Waals surface area contributed by atoms with Gasteiger partial charge in [-0.15, -0.1) is 0 Å². The lowest BCUT2D eigenvalue weighted by atomic mass is 10.1. The molecule has 3 aromatic carbocycles. The molecular weight excluding hydrogens is 480 g/mol. The minimum Gasteiger partial charge on any atom is -0.481 e. The van der Waals surface area contributed by atoms with E-state index in [0.29, 0.717) is 16.9 Å². The quantitative estimate of drug-likeness (QED) is 0.309. The third kappa shape index (κ3) is 6.82. The first-order valence-electron chi connectivity index (χ1n) is 9.92. The number of nitriles is 1. The molecule has 0 fully saturated rings. The number of hydrogen-bond acceptors (Lipinski definition) is 4. The van der Waals surface area contributed by atoms with Gasteiger partial charge in [-0.2, -0.15) is 5.26 Å². The van der Waals surface area contributed by atoms with Gasteiger partial charge in [0.25, 0.3) is 11.8 Å². The molecule has 6 nitrogen and oxygen atoms in total. The molecule has 0 saturated heterocycles. The molecule has 2 N–H and O–H groups in total. The van der Waals surface area contributed by atoms with Crippen LogP contribution in [0.5, 0.6) is 5.75 Å². The monoisotopic (exact) mass is 497 g/mol. The van der Waals surface area contributed by atoms with E-state index in [4.69, 9.17) is 27.9 Å². The molecule has 3 aromatic rings. The smallest absolute Gasteiger partial charge is 0.266 e. The Morgan fingerprint density at radius 2 is 1.71 bits per heavy atom. The van der Waals surface area contributed by atoms with E-state index >= 15 is 0 Å². The van der Waals surface area contributed by atoms with Gasteiger partial charge in [-0.25, -0.2) is 4.39 Å². The third-order valence-electron chi connectivity index (χ3n) is 4.45. The number of anilines is 2. The van der Waals surface area contributed by atoms with Crippen LogP contribution in [0, 0.1) is 24.1 Å². The Bertz CT molecular complexity index is 1280. The van der Waals surface area contributed by atoms with Crippen molar-refractivity contribution in [1.29, 1.82) is 5.26 Å². The Morgan fingerprint density at radius 3 is 2.32 bits per heavy atom. The molecule has 3 rings (SSSR count). The summed E-state index contributed by atoms with van der Waals surface area (Å²) in [5.41, 5.74) is 2.11.